The van der Waals surface area contributed by atoms with Gasteiger partial charge in [-0.3, -0.25) is 0 Å². The van der Waals surface area contributed by atoms with Crippen molar-refractivity contribution < 1.29 is 22.4 Å². The van der Waals surface area contributed by atoms with Gasteiger partial charge >= 0.3 is 6.09 Å². The highest BCUT2D eigenvalue weighted by molar-refractivity contribution is 8.09. The third-order valence-electron chi connectivity index (χ3n) is 5.98. The second-order valence-electron chi connectivity index (χ2n) is 10.5. The number of carbonyl (C=O) groups is 1. The zero-order valence-electron chi connectivity index (χ0n) is 20.9. The number of hydrogen-bond donors (Lipinski definition) is 1. The molecule has 1 fully saturated rings. The van der Waals surface area contributed by atoms with Crippen molar-refractivity contribution in [2.75, 3.05) is 5.75 Å². The average Bonchev–Trinajstić information content (AvgIpc) is 3.38. The number of aromatic nitrogens is 2. The molecule has 36 heavy (non-hydrogen) atoms. The number of alkyl halides is 1. The van der Waals surface area contributed by atoms with Gasteiger partial charge in [0.1, 0.15) is 16.2 Å². The van der Waals surface area contributed by atoms with Gasteiger partial charge in [0, 0.05) is 5.56 Å². The number of amides is 1. The fourth-order valence-corrected chi connectivity index (χ4v) is 7.79. The maximum Gasteiger partial charge on any atom is 0.435 e. The van der Waals surface area contributed by atoms with E-state index < -0.39 is 42.4 Å². The first-order chi connectivity index (χ1) is 16.6. The van der Waals surface area contributed by atoms with Crippen molar-refractivity contribution in [3.8, 4) is 11.5 Å². The van der Waals surface area contributed by atoms with Gasteiger partial charge in [-0.05, 0) is 59.8 Å². The van der Waals surface area contributed by atoms with E-state index in [4.69, 9.17) is 20.8 Å². The molecular formula is C24H29ClN4O5S2. The van der Waals surface area contributed by atoms with Gasteiger partial charge < -0.3 is 14.5 Å². The van der Waals surface area contributed by atoms with Gasteiger partial charge in [-0.25, -0.2) is 13.2 Å². The van der Waals surface area contributed by atoms with Crippen molar-refractivity contribution in [3.63, 3.8) is 0 Å². The zero-order chi connectivity index (χ0) is 26.5. The number of nitrogens with one attached hydrogen (secondary N) is 1. The van der Waals surface area contributed by atoms with Crippen LogP contribution < -0.4 is 5.32 Å². The Morgan fingerprint density at radius 1 is 1.19 bits per heavy atom. The second-order valence-corrected chi connectivity index (χ2v) is 14.8. The van der Waals surface area contributed by atoms with Crippen molar-refractivity contribution in [1.29, 1.82) is 0 Å². The molecular weight excluding hydrogens is 524 g/mol. The molecule has 3 atom stereocenters. The van der Waals surface area contributed by atoms with E-state index in [2.05, 4.69) is 20.5 Å². The highest BCUT2D eigenvalue weighted by atomic mass is 35.5. The Balaban J connectivity index is 1.61. The average molecular weight is 553 g/mol. The molecule has 1 N–H and O–H groups in total. The summed E-state index contributed by atoms with van der Waals surface area (Å²) in [7, 11) is -3.73. The fraction of sp³-hybridized carbons (Fsp3) is 0.500. The van der Waals surface area contributed by atoms with Crippen LogP contribution in [-0.2, 0) is 14.6 Å². The SMILES string of the molecule is CC(C)(C)OC(=O)/N=C1/N[C@](C)(C2SC(c3nnc(-c4ccccc4)o3)=CC2Cl)CS(=O)(=O)C1(C)C. The first-order valence-electron chi connectivity index (χ1n) is 11.4. The summed E-state index contributed by atoms with van der Waals surface area (Å²) in [5, 5.41) is 10.5. The molecule has 9 nitrogen and oxygen atoms in total. The summed E-state index contributed by atoms with van der Waals surface area (Å²) in [5.74, 6) is 0.492. The highest BCUT2D eigenvalue weighted by Gasteiger charge is 2.56. The van der Waals surface area contributed by atoms with E-state index in [0.717, 1.165) is 5.56 Å². The molecule has 2 aromatic rings. The third kappa shape index (κ3) is 5.19. The number of hydrogen-bond acceptors (Lipinski definition) is 8. The number of carbonyl (C=O) groups excluding carboxylic acids is 1. The summed E-state index contributed by atoms with van der Waals surface area (Å²) < 4.78 is 36.5. The minimum absolute atomic E-state index is 0.0209. The van der Waals surface area contributed by atoms with Crippen molar-refractivity contribution in [2.24, 2.45) is 4.99 Å². The van der Waals surface area contributed by atoms with Gasteiger partial charge in [0.25, 0.3) is 5.89 Å². The monoisotopic (exact) mass is 552 g/mol. The first-order valence-corrected chi connectivity index (χ1v) is 14.3. The van der Waals surface area contributed by atoms with Gasteiger partial charge in [0.15, 0.2) is 9.84 Å². The topological polar surface area (TPSA) is 124 Å². The molecule has 1 aromatic heterocycles. The predicted octanol–water partition coefficient (Wildman–Crippen LogP) is 4.69. The summed E-state index contributed by atoms with van der Waals surface area (Å²) in [5.41, 5.74) is -1.03. The van der Waals surface area contributed by atoms with Crippen LogP contribution in [0.1, 0.15) is 47.4 Å². The molecule has 1 amide bonds. The molecule has 2 aliphatic rings. The maximum absolute atomic E-state index is 13.4. The first kappa shape index (κ1) is 26.7. The van der Waals surface area contributed by atoms with Crippen LogP contribution in [0.3, 0.4) is 0 Å². The van der Waals surface area contributed by atoms with Crippen molar-refractivity contribution in [1.82, 2.24) is 15.5 Å². The Morgan fingerprint density at radius 3 is 2.47 bits per heavy atom. The lowest BCUT2D eigenvalue weighted by Crippen LogP contribution is -2.70. The van der Waals surface area contributed by atoms with Crippen LogP contribution in [0.5, 0.6) is 0 Å². The van der Waals surface area contributed by atoms with E-state index >= 15 is 0 Å². The summed E-state index contributed by atoms with van der Waals surface area (Å²) >= 11 is 8.07. The van der Waals surface area contributed by atoms with Crippen molar-refractivity contribution in [3.05, 3.63) is 42.3 Å². The van der Waals surface area contributed by atoms with E-state index in [1.165, 1.54) is 25.6 Å². The summed E-state index contributed by atoms with van der Waals surface area (Å²) in [4.78, 5) is 17.2. The molecule has 4 rings (SSSR count). The van der Waals surface area contributed by atoms with E-state index in [9.17, 15) is 13.2 Å². The smallest absolute Gasteiger partial charge is 0.435 e. The van der Waals surface area contributed by atoms with E-state index in [-0.39, 0.29) is 11.6 Å². The lowest BCUT2D eigenvalue weighted by atomic mass is 9.95. The van der Waals surface area contributed by atoms with Crippen molar-refractivity contribution in [2.45, 2.75) is 68.1 Å². The molecule has 0 bridgehead atoms. The summed E-state index contributed by atoms with van der Waals surface area (Å²) in [6.45, 7) is 9.94. The van der Waals surface area contributed by atoms with Crippen LogP contribution in [0.2, 0.25) is 0 Å². The van der Waals surface area contributed by atoms with Gasteiger partial charge in [-0.15, -0.1) is 33.6 Å². The molecule has 1 saturated heterocycles. The van der Waals surface area contributed by atoms with Crippen LogP contribution in [0.15, 0.2) is 45.8 Å². The minimum atomic E-state index is -3.73. The number of sulfone groups is 1. The Hall–Kier alpha value is -2.37. The van der Waals surface area contributed by atoms with Gasteiger partial charge in [-0.2, -0.15) is 4.99 Å². The van der Waals surface area contributed by atoms with Crippen molar-refractivity contribution >= 4 is 50.0 Å². The number of amidine groups is 1. The molecule has 2 aliphatic heterocycles. The second kappa shape index (κ2) is 9.18. The third-order valence-corrected chi connectivity index (χ3v) is 10.9. The van der Waals surface area contributed by atoms with Gasteiger partial charge in [0.05, 0.1) is 26.8 Å². The van der Waals surface area contributed by atoms with Gasteiger partial charge in [-0.1, -0.05) is 18.2 Å². The maximum atomic E-state index is 13.4. The number of halogens is 1. The number of aliphatic imine (C=N–C) groups is 1. The lowest BCUT2D eigenvalue weighted by molar-refractivity contribution is 0.0602. The Morgan fingerprint density at radius 2 is 1.83 bits per heavy atom. The molecule has 0 spiro atoms. The van der Waals surface area contributed by atoms with E-state index in [1.807, 2.05) is 30.3 Å². The number of benzene rings is 1. The van der Waals surface area contributed by atoms with Gasteiger partial charge in [0.2, 0.25) is 5.89 Å². The van der Waals surface area contributed by atoms with E-state index in [0.29, 0.717) is 16.7 Å². The van der Waals surface area contributed by atoms with E-state index in [1.54, 1.807) is 33.8 Å². The lowest BCUT2D eigenvalue weighted by Gasteiger charge is -2.46. The zero-order valence-corrected chi connectivity index (χ0v) is 23.3. The molecule has 0 radical (unpaired) electrons. The van der Waals surface area contributed by atoms with Crippen LogP contribution in [0, 0.1) is 0 Å². The summed E-state index contributed by atoms with van der Waals surface area (Å²) in [6, 6.07) is 9.38. The molecule has 2 unspecified atom stereocenters. The molecule has 3 heterocycles. The number of rotatable bonds is 3. The molecule has 0 saturated carbocycles. The quantitative estimate of drug-likeness (QED) is 0.540. The largest absolute Gasteiger partial charge is 0.442 e. The molecule has 1 aromatic carbocycles. The Kier molecular flexibility index (Phi) is 6.81. The molecule has 12 heteroatoms. The number of ether oxygens (including phenoxy) is 1. The standard InChI is InChI=1S/C24H29ClN4O5S2/c1-22(2,3)34-21(30)26-20-23(4,5)36(31,32)13-24(6,27-20)17-15(25)12-16(35-17)19-29-28-18(33-19)14-10-8-7-9-11-14/h7-12,15,17H,13H2,1-6H3,(H,26,27,30)/t15?,17?,24-/m0/s1. The number of allylic oxidation sites excluding steroid dienone is 1. The predicted molar refractivity (Wildman–Crippen MR) is 142 cm³/mol. The normalized spacial score (nSPS) is 28.4. The Labute approximate surface area is 220 Å². The van der Waals surface area contributed by atoms with Crippen LogP contribution in [-0.4, -0.2) is 62.8 Å². The minimum Gasteiger partial charge on any atom is -0.442 e. The summed E-state index contributed by atoms with van der Waals surface area (Å²) in [6.07, 6.45) is 0.917. The number of thioether (sulfide) groups is 1. The van der Waals surface area contributed by atoms with Crippen LogP contribution >= 0.6 is 23.4 Å². The molecule has 194 valence electrons. The fourth-order valence-electron chi connectivity index (χ4n) is 3.97. The van der Waals surface area contributed by atoms with Crippen LogP contribution in [0.25, 0.3) is 16.4 Å². The number of nitrogens with zero attached hydrogens (tertiary/aromatic N) is 3. The van der Waals surface area contributed by atoms with Crippen LogP contribution in [0.4, 0.5) is 4.79 Å². The highest BCUT2D eigenvalue weighted by Crippen LogP contribution is 2.48. The molecule has 0 aliphatic carbocycles. The Bertz CT molecular complexity index is 1330.